The van der Waals surface area contributed by atoms with E-state index >= 15 is 0 Å². The number of nitrogens with zero attached hydrogens (tertiary/aromatic N) is 2. The summed E-state index contributed by atoms with van der Waals surface area (Å²) in [6.07, 6.45) is 1.89. The van der Waals surface area contributed by atoms with Crippen LogP contribution >= 0.6 is 0 Å². The van der Waals surface area contributed by atoms with Gasteiger partial charge in [0.1, 0.15) is 5.75 Å². The number of nitrogens with two attached hydrogens (primary N) is 1. The highest BCUT2D eigenvalue weighted by molar-refractivity contribution is 6.07. The summed E-state index contributed by atoms with van der Waals surface area (Å²) in [7, 11) is 3.31. The van der Waals surface area contributed by atoms with E-state index in [0.717, 1.165) is 36.3 Å². The number of ether oxygens (including phenoxy) is 2. The van der Waals surface area contributed by atoms with Crippen molar-refractivity contribution in [3.8, 4) is 5.75 Å². The molecule has 2 unspecified atom stereocenters. The summed E-state index contributed by atoms with van der Waals surface area (Å²) in [5.41, 5.74) is 7.12. The second-order valence-electron chi connectivity index (χ2n) is 6.56. The summed E-state index contributed by atoms with van der Waals surface area (Å²) < 4.78 is 11.1. The van der Waals surface area contributed by atoms with Crippen LogP contribution in [0.4, 0.5) is 0 Å². The van der Waals surface area contributed by atoms with Crippen molar-refractivity contribution < 1.29 is 14.3 Å². The van der Waals surface area contributed by atoms with Gasteiger partial charge in [-0.25, -0.2) is 4.99 Å². The van der Waals surface area contributed by atoms with Crippen LogP contribution in [0.1, 0.15) is 17.5 Å². The minimum Gasteiger partial charge on any atom is -0.497 e. The zero-order valence-corrected chi connectivity index (χ0v) is 13.4. The van der Waals surface area contributed by atoms with E-state index in [-0.39, 0.29) is 17.8 Å². The molecule has 23 heavy (non-hydrogen) atoms. The van der Waals surface area contributed by atoms with Crippen LogP contribution in [0.15, 0.2) is 23.2 Å². The van der Waals surface area contributed by atoms with Gasteiger partial charge < -0.3 is 15.2 Å². The van der Waals surface area contributed by atoms with Gasteiger partial charge in [-0.3, -0.25) is 9.69 Å². The van der Waals surface area contributed by atoms with Gasteiger partial charge in [-0.1, -0.05) is 6.07 Å². The minimum atomic E-state index is -0.966. The Hall–Kier alpha value is -2.08. The molecule has 3 aliphatic rings. The smallest absolute Gasteiger partial charge is 0.262 e. The molecule has 4 rings (SSSR count). The summed E-state index contributed by atoms with van der Waals surface area (Å²) in [6.45, 7) is 1.28. The van der Waals surface area contributed by atoms with Gasteiger partial charge >= 0.3 is 0 Å². The van der Waals surface area contributed by atoms with Crippen molar-refractivity contribution in [1.29, 1.82) is 0 Å². The summed E-state index contributed by atoms with van der Waals surface area (Å²) in [4.78, 5) is 19.3. The second-order valence-corrected chi connectivity index (χ2v) is 6.56. The molecule has 1 aromatic rings. The first-order chi connectivity index (χ1) is 11.1. The minimum absolute atomic E-state index is 0.0202. The lowest BCUT2D eigenvalue weighted by atomic mass is 9.62. The molecule has 3 atom stereocenters. The first-order valence-electron chi connectivity index (χ1n) is 7.96. The zero-order valence-electron chi connectivity index (χ0n) is 13.4. The monoisotopic (exact) mass is 315 g/mol. The molecule has 1 amide bonds. The molecule has 1 saturated heterocycles. The van der Waals surface area contributed by atoms with Gasteiger partial charge in [0.05, 0.1) is 13.7 Å². The highest BCUT2D eigenvalue weighted by atomic mass is 16.5. The molecule has 6 heteroatoms. The van der Waals surface area contributed by atoms with E-state index in [1.165, 1.54) is 4.90 Å². The Balaban J connectivity index is 1.96. The van der Waals surface area contributed by atoms with Crippen molar-refractivity contribution in [2.75, 3.05) is 27.4 Å². The molecule has 0 bridgehead atoms. The lowest BCUT2D eigenvalue weighted by Gasteiger charge is -2.46. The second kappa shape index (κ2) is 4.96. The molecule has 2 heterocycles. The lowest BCUT2D eigenvalue weighted by Crippen LogP contribution is -2.53. The van der Waals surface area contributed by atoms with Crippen LogP contribution in [0.3, 0.4) is 0 Å². The highest BCUT2D eigenvalue weighted by Crippen LogP contribution is 2.51. The first-order valence-corrected chi connectivity index (χ1v) is 7.96. The largest absolute Gasteiger partial charge is 0.497 e. The number of hydrogen-bond donors (Lipinski definition) is 1. The fraction of sp³-hybridized carbons (Fsp3) is 0.529. The SMILES string of the molecule is COc1ccc2c(c1)C1(N=C(N)N(C)C1=O)[C@H]1COCCC1C2. The van der Waals surface area contributed by atoms with Crippen LogP contribution in [0, 0.1) is 11.8 Å². The Morgan fingerprint density at radius 2 is 2.30 bits per heavy atom. The number of amides is 1. The number of benzene rings is 1. The van der Waals surface area contributed by atoms with Gasteiger partial charge in [0, 0.05) is 19.6 Å². The van der Waals surface area contributed by atoms with E-state index in [1.54, 1.807) is 14.2 Å². The topological polar surface area (TPSA) is 77.2 Å². The predicted octanol–water partition coefficient (Wildman–Crippen LogP) is 0.886. The summed E-state index contributed by atoms with van der Waals surface area (Å²) in [5.74, 6) is 1.35. The number of fused-ring (bicyclic) bond motifs is 4. The van der Waals surface area contributed by atoms with E-state index in [4.69, 9.17) is 15.2 Å². The van der Waals surface area contributed by atoms with Gasteiger partial charge in [-0.2, -0.15) is 0 Å². The van der Waals surface area contributed by atoms with Gasteiger partial charge in [-0.15, -0.1) is 0 Å². The van der Waals surface area contributed by atoms with Crippen molar-refractivity contribution in [1.82, 2.24) is 4.90 Å². The van der Waals surface area contributed by atoms with Crippen molar-refractivity contribution >= 4 is 11.9 Å². The molecule has 6 nitrogen and oxygen atoms in total. The maximum absolute atomic E-state index is 13.1. The number of carbonyl (C=O) groups excluding carboxylic acids is 1. The summed E-state index contributed by atoms with van der Waals surface area (Å²) >= 11 is 0. The highest BCUT2D eigenvalue weighted by Gasteiger charge is 2.59. The zero-order chi connectivity index (χ0) is 16.2. The molecule has 2 N–H and O–H groups in total. The predicted molar refractivity (Wildman–Crippen MR) is 85.2 cm³/mol. The molecule has 1 spiro atoms. The Bertz CT molecular complexity index is 702. The molecule has 1 aliphatic carbocycles. The number of rotatable bonds is 1. The molecule has 1 fully saturated rings. The molecule has 2 aliphatic heterocycles. The van der Waals surface area contributed by atoms with E-state index in [1.807, 2.05) is 12.1 Å². The third kappa shape index (κ3) is 1.84. The van der Waals surface area contributed by atoms with E-state index < -0.39 is 5.54 Å². The van der Waals surface area contributed by atoms with Crippen molar-refractivity contribution in [2.24, 2.45) is 22.6 Å². The number of likely N-dealkylation sites (N-methyl/N-ethyl adjacent to an activating group) is 1. The molecule has 0 radical (unpaired) electrons. The van der Waals surface area contributed by atoms with Crippen LogP contribution in [-0.2, 0) is 21.5 Å². The van der Waals surface area contributed by atoms with Crippen LogP contribution in [0.2, 0.25) is 0 Å². The maximum atomic E-state index is 13.1. The number of hydrogen-bond acceptors (Lipinski definition) is 5. The molecular weight excluding hydrogens is 294 g/mol. The number of guanidine groups is 1. The standard InChI is InChI=1S/C17H21N3O3/c1-20-15(21)17(19-16(20)18)13-8-12(22-2)4-3-10(13)7-11-5-6-23-9-14(11)17/h3-4,8,11,14H,5-7,9H2,1-2H3,(H2,18,19)/t11?,14-,17?/m0/s1. The van der Waals surface area contributed by atoms with Crippen LogP contribution in [0.25, 0.3) is 0 Å². The Morgan fingerprint density at radius 1 is 1.48 bits per heavy atom. The lowest BCUT2D eigenvalue weighted by molar-refractivity contribution is -0.137. The van der Waals surface area contributed by atoms with Crippen molar-refractivity contribution in [2.45, 2.75) is 18.4 Å². The third-order valence-corrected chi connectivity index (χ3v) is 5.51. The molecular formula is C17H21N3O3. The molecule has 0 saturated carbocycles. The van der Waals surface area contributed by atoms with Gasteiger partial charge in [0.15, 0.2) is 11.5 Å². The molecule has 0 aromatic heterocycles. The normalized spacial score (nSPS) is 32.5. The van der Waals surface area contributed by atoms with Crippen LogP contribution in [-0.4, -0.2) is 44.1 Å². The average molecular weight is 315 g/mol. The summed E-state index contributed by atoms with van der Waals surface area (Å²) in [5, 5.41) is 0. The Morgan fingerprint density at radius 3 is 3.00 bits per heavy atom. The van der Waals surface area contributed by atoms with Crippen molar-refractivity contribution in [3.05, 3.63) is 29.3 Å². The Kier molecular flexibility index (Phi) is 3.13. The van der Waals surface area contributed by atoms with Crippen LogP contribution < -0.4 is 10.5 Å². The number of aliphatic imine (C=N–C) groups is 1. The summed E-state index contributed by atoms with van der Waals surface area (Å²) in [6, 6.07) is 5.94. The fourth-order valence-corrected chi connectivity index (χ4v) is 4.27. The van der Waals surface area contributed by atoms with Crippen molar-refractivity contribution in [3.63, 3.8) is 0 Å². The first kappa shape index (κ1) is 14.5. The van der Waals surface area contributed by atoms with E-state index in [0.29, 0.717) is 12.5 Å². The number of methoxy groups -OCH3 is 1. The van der Waals surface area contributed by atoms with Gasteiger partial charge in [0.25, 0.3) is 5.91 Å². The van der Waals surface area contributed by atoms with Gasteiger partial charge in [-0.05, 0) is 42.0 Å². The Labute approximate surface area is 135 Å². The maximum Gasteiger partial charge on any atom is 0.262 e. The third-order valence-electron chi connectivity index (χ3n) is 5.51. The quantitative estimate of drug-likeness (QED) is 0.835. The van der Waals surface area contributed by atoms with Gasteiger partial charge in [0.2, 0.25) is 0 Å². The molecule has 1 aromatic carbocycles. The average Bonchev–Trinajstić information content (AvgIpc) is 2.80. The van der Waals surface area contributed by atoms with E-state index in [9.17, 15) is 4.79 Å². The van der Waals surface area contributed by atoms with E-state index in [2.05, 4.69) is 11.1 Å². The number of carbonyl (C=O) groups is 1. The molecule has 122 valence electrons. The fourth-order valence-electron chi connectivity index (χ4n) is 4.27. The van der Waals surface area contributed by atoms with Crippen LogP contribution in [0.5, 0.6) is 5.75 Å².